The smallest absolute Gasteiger partial charge is 0.248 e. The van der Waals surface area contributed by atoms with Crippen LogP contribution in [0.4, 0.5) is 5.69 Å². The number of anilines is 1. The second-order valence-corrected chi connectivity index (χ2v) is 5.89. The fraction of sp³-hybridized carbons (Fsp3) is 0.158. The Morgan fingerprint density at radius 2 is 1.88 bits per heavy atom. The number of aromatic nitrogens is 1. The van der Waals surface area contributed by atoms with Crippen LogP contribution in [0.15, 0.2) is 54.7 Å². The van der Waals surface area contributed by atoms with Gasteiger partial charge in [0.05, 0.1) is 6.04 Å². The molecule has 6 heteroatoms. The average molecular weight is 336 g/mol. The molecule has 2 aromatic carbocycles. The first-order chi connectivity index (χ1) is 12.0. The van der Waals surface area contributed by atoms with Crippen LogP contribution in [0.3, 0.4) is 0 Å². The Kier molecular flexibility index (Phi) is 4.81. The number of fused-ring (bicyclic) bond motifs is 1. The Labute approximate surface area is 145 Å². The molecule has 1 atom stereocenters. The number of hydrogen-bond donors (Lipinski definition) is 4. The van der Waals surface area contributed by atoms with Crippen molar-refractivity contribution in [2.75, 3.05) is 5.32 Å². The molecule has 0 bridgehead atoms. The highest BCUT2D eigenvalue weighted by atomic mass is 16.2. The number of benzene rings is 2. The molecule has 1 unspecified atom stereocenters. The van der Waals surface area contributed by atoms with Crippen LogP contribution in [0, 0.1) is 0 Å². The van der Waals surface area contributed by atoms with Crippen LogP contribution >= 0.6 is 0 Å². The molecule has 0 aliphatic rings. The molecule has 0 fully saturated rings. The van der Waals surface area contributed by atoms with Gasteiger partial charge in [0.15, 0.2) is 0 Å². The first-order valence-electron chi connectivity index (χ1n) is 8.03. The number of carbonyl (C=O) groups is 2. The van der Waals surface area contributed by atoms with Gasteiger partial charge >= 0.3 is 0 Å². The Morgan fingerprint density at radius 1 is 1.12 bits per heavy atom. The number of amides is 2. The Morgan fingerprint density at radius 3 is 2.60 bits per heavy atom. The van der Waals surface area contributed by atoms with Crippen molar-refractivity contribution in [1.82, 2.24) is 10.3 Å². The van der Waals surface area contributed by atoms with E-state index in [2.05, 4.69) is 15.6 Å². The van der Waals surface area contributed by atoms with Crippen molar-refractivity contribution < 1.29 is 9.59 Å². The van der Waals surface area contributed by atoms with Crippen molar-refractivity contribution in [3.05, 3.63) is 65.9 Å². The Balaban J connectivity index is 1.59. The number of H-pyrrole nitrogens is 1. The number of rotatable bonds is 6. The summed E-state index contributed by atoms with van der Waals surface area (Å²) in [6.45, 7) is 2.38. The highest BCUT2D eigenvalue weighted by Gasteiger charge is 2.13. The van der Waals surface area contributed by atoms with Crippen LogP contribution < -0.4 is 16.4 Å². The minimum Gasteiger partial charge on any atom is -0.366 e. The third kappa shape index (κ3) is 3.87. The summed E-state index contributed by atoms with van der Waals surface area (Å²) in [5, 5.41) is 7.18. The topological polar surface area (TPSA) is 100 Å². The number of aromatic amines is 1. The summed E-state index contributed by atoms with van der Waals surface area (Å²) in [4.78, 5) is 26.6. The molecule has 3 rings (SSSR count). The van der Waals surface area contributed by atoms with Crippen molar-refractivity contribution in [3.63, 3.8) is 0 Å². The lowest BCUT2D eigenvalue weighted by molar-refractivity contribution is -0.117. The fourth-order valence-electron chi connectivity index (χ4n) is 2.62. The molecule has 0 radical (unpaired) electrons. The van der Waals surface area contributed by atoms with Crippen LogP contribution in [0.2, 0.25) is 0 Å². The van der Waals surface area contributed by atoms with E-state index >= 15 is 0 Å². The van der Waals surface area contributed by atoms with Gasteiger partial charge in [0, 0.05) is 29.5 Å². The molecular formula is C19H20N4O2. The zero-order chi connectivity index (χ0) is 17.8. The summed E-state index contributed by atoms with van der Waals surface area (Å²) in [6.07, 6.45) is 1.90. The second-order valence-electron chi connectivity index (χ2n) is 5.89. The third-order valence-electron chi connectivity index (χ3n) is 4.10. The zero-order valence-electron chi connectivity index (χ0n) is 13.9. The van der Waals surface area contributed by atoms with E-state index in [1.165, 1.54) is 0 Å². The predicted octanol–water partition coefficient (Wildman–Crippen LogP) is 2.38. The van der Waals surface area contributed by atoms with E-state index in [0.29, 0.717) is 17.8 Å². The van der Waals surface area contributed by atoms with Gasteiger partial charge in [-0.3, -0.25) is 9.59 Å². The maximum Gasteiger partial charge on any atom is 0.248 e. The first-order valence-corrected chi connectivity index (χ1v) is 8.03. The van der Waals surface area contributed by atoms with E-state index in [0.717, 1.165) is 16.5 Å². The fourth-order valence-corrected chi connectivity index (χ4v) is 2.62. The van der Waals surface area contributed by atoms with Crippen LogP contribution in [-0.4, -0.2) is 22.8 Å². The summed E-state index contributed by atoms with van der Waals surface area (Å²) in [5.74, 6) is -0.642. The van der Waals surface area contributed by atoms with E-state index in [9.17, 15) is 9.59 Å². The van der Waals surface area contributed by atoms with Gasteiger partial charge in [0.2, 0.25) is 11.8 Å². The normalized spacial score (nSPS) is 12.0. The van der Waals surface area contributed by atoms with E-state index in [-0.39, 0.29) is 11.9 Å². The summed E-state index contributed by atoms with van der Waals surface area (Å²) < 4.78 is 0. The van der Waals surface area contributed by atoms with Gasteiger partial charge < -0.3 is 21.4 Å². The molecule has 0 aliphatic carbocycles. The van der Waals surface area contributed by atoms with Crippen molar-refractivity contribution in [2.45, 2.75) is 19.5 Å². The molecule has 5 N–H and O–H groups in total. The summed E-state index contributed by atoms with van der Waals surface area (Å²) >= 11 is 0. The molecule has 1 heterocycles. The number of primary amides is 1. The van der Waals surface area contributed by atoms with Gasteiger partial charge in [-0.15, -0.1) is 0 Å². The van der Waals surface area contributed by atoms with Crippen molar-refractivity contribution >= 4 is 28.4 Å². The molecule has 3 aromatic rings. The van der Waals surface area contributed by atoms with Gasteiger partial charge in [-0.2, -0.15) is 0 Å². The summed E-state index contributed by atoms with van der Waals surface area (Å²) in [6, 6.07) is 14.2. The Bertz CT molecular complexity index is 899. The van der Waals surface area contributed by atoms with Crippen LogP contribution in [-0.2, 0) is 11.3 Å². The van der Waals surface area contributed by atoms with Crippen LogP contribution in [0.5, 0.6) is 0 Å². The molecule has 0 saturated heterocycles. The highest BCUT2D eigenvalue weighted by molar-refractivity contribution is 5.96. The number of carbonyl (C=O) groups excluding carboxylic acids is 2. The maximum atomic E-state index is 12.3. The van der Waals surface area contributed by atoms with E-state index in [1.807, 2.05) is 37.4 Å². The SMILES string of the molecule is CC(NCc1cccc2cc[nH]c12)C(=O)Nc1ccc(C(N)=O)cc1. The van der Waals surface area contributed by atoms with Gasteiger partial charge in [0.25, 0.3) is 0 Å². The summed E-state index contributed by atoms with van der Waals surface area (Å²) in [7, 11) is 0. The van der Waals surface area contributed by atoms with Gasteiger partial charge in [0.1, 0.15) is 0 Å². The Hall–Kier alpha value is -3.12. The quantitative estimate of drug-likeness (QED) is 0.556. The van der Waals surface area contributed by atoms with Gasteiger partial charge in [-0.25, -0.2) is 0 Å². The van der Waals surface area contributed by atoms with Crippen LogP contribution in [0.25, 0.3) is 10.9 Å². The maximum absolute atomic E-state index is 12.3. The zero-order valence-corrected chi connectivity index (χ0v) is 13.9. The van der Waals surface area contributed by atoms with Gasteiger partial charge in [-0.1, -0.05) is 18.2 Å². The molecule has 0 saturated carbocycles. The van der Waals surface area contributed by atoms with Crippen molar-refractivity contribution in [3.8, 4) is 0 Å². The van der Waals surface area contributed by atoms with E-state index in [1.54, 1.807) is 24.3 Å². The first kappa shape index (κ1) is 16.7. The minimum absolute atomic E-state index is 0.148. The number of nitrogens with two attached hydrogens (primary N) is 1. The second kappa shape index (κ2) is 7.19. The molecule has 6 nitrogen and oxygen atoms in total. The number of nitrogens with one attached hydrogen (secondary N) is 3. The highest BCUT2D eigenvalue weighted by Crippen LogP contribution is 2.17. The standard InChI is InChI=1S/C19H20N4O2/c1-12(19(25)23-16-7-5-14(6-8-16)18(20)24)22-11-15-4-2-3-13-9-10-21-17(13)15/h2-10,12,21-22H,11H2,1H3,(H2,20,24)(H,23,25). The molecule has 2 amide bonds. The molecular weight excluding hydrogens is 316 g/mol. The minimum atomic E-state index is -0.494. The monoisotopic (exact) mass is 336 g/mol. The molecule has 0 aliphatic heterocycles. The molecule has 128 valence electrons. The van der Waals surface area contributed by atoms with Crippen molar-refractivity contribution in [1.29, 1.82) is 0 Å². The lowest BCUT2D eigenvalue weighted by atomic mass is 10.1. The molecule has 0 spiro atoms. The number of para-hydroxylation sites is 1. The number of hydrogen-bond acceptors (Lipinski definition) is 3. The van der Waals surface area contributed by atoms with Gasteiger partial charge in [-0.05, 0) is 48.2 Å². The van der Waals surface area contributed by atoms with Crippen molar-refractivity contribution in [2.24, 2.45) is 5.73 Å². The average Bonchev–Trinajstić information content (AvgIpc) is 3.09. The third-order valence-corrected chi connectivity index (χ3v) is 4.10. The van der Waals surface area contributed by atoms with Crippen LogP contribution in [0.1, 0.15) is 22.8 Å². The van der Waals surface area contributed by atoms with E-state index in [4.69, 9.17) is 5.73 Å². The summed E-state index contributed by atoms with van der Waals surface area (Å²) in [5.41, 5.74) is 8.41. The molecule has 1 aromatic heterocycles. The lowest BCUT2D eigenvalue weighted by Gasteiger charge is -2.14. The van der Waals surface area contributed by atoms with E-state index < -0.39 is 5.91 Å². The largest absolute Gasteiger partial charge is 0.366 e. The predicted molar refractivity (Wildman–Crippen MR) is 98.2 cm³/mol. The lowest BCUT2D eigenvalue weighted by Crippen LogP contribution is -2.37. The molecule has 25 heavy (non-hydrogen) atoms.